The van der Waals surface area contributed by atoms with E-state index in [0.717, 1.165) is 63.0 Å². The summed E-state index contributed by atoms with van der Waals surface area (Å²) in [6, 6.07) is 9.49. The monoisotopic (exact) mass is 547 g/mol. The second-order valence-corrected chi connectivity index (χ2v) is 9.14. The first-order valence-electron chi connectivity index (χ1n) is 10.5. The Morgan fingerprint density at radius 1 is 1.07 bits per heavy atom. The Balaban J connectivity index is 0.00000320. The molecule has 2 fully saturated rings. The molecular weight excluding hydrogens is 513 g/mol. The van der Waals surface area contributed by atoms with Crippen molar-refractivity contribution in [2.24, 2.45) is 4.99 Å². The summed E-state index contributed by atoms with van der Waals surface area (Å²) >= 11 is 0. The molecule has 2 unspecified atom stereocenters. The Morgan fingerprint density at radius 3 is 2.30 bits per heavy atom. The summed E-state index contributed by atoms with van der Waals surface area (Å²) in [5.74, 6) is 1.65. The molecule has 1 N–H and O–H groups in total. The smallest absolute Gasteiger partial charge is 0.239 e. The standard InChI is InChI=1S/C21H33N5O2S.HI/c1-18(20(27)25-11-6-7-12-25)24-13-15-26(16-14-24)21(22-2)23-10-17-29(28)19-8-4-3-5-9-19;/h3-5,8-9,18H,6-7,10-17H2,1-2H3,(H,22,23);1H. The van der Waals surface area contributed by atoms with Crippen LogP contribution in [-0.4, -0.2) is 95.4 Å². The average Bonchev–Trinajstić information content (AvgIpc) is 3.31. The third-order valence-electron chi connectivity index (χ3n) is 5.73. The molecule has 0 bridgehead atoms. The number of guanidine groups is 1. The highest BCUT2D eigenvalue weighted by molar-refractivity contribution is 14.0. The predicted octanol–water partition coefficient (Wildman–Crippen LogP) is 1.62. The number of hydrogen-bond acceptors (Lipinski definition) is 4. The number of amides is 1. The Hall–Kier alpha value is -1.20. The number of nitrogens with zero attached hydrogens (tertiary/aromatic N) is 4. The Labute approximate surface area is 199 Å². The van der Waals surface area contributed by atoms with Gasteiger partial charge in [-0.1, -0.05) is 18.2 Å². The first-order chi connectivity index (χ1) is 14.1. The van der Waals surface area contributed by atoms with Gasteiger partial charge in [0.25, 0.3) is 0 Å². The normalized spacial score (nSPS) is 19.9. The molecule has 0 aromatic heterocycles. The minimum Gasteiger partial charge on any atom is -0.355 e. The van der Waals surface area contributed by atoms with Gasteiger partial charge in [0.15, 0.2) is 5.96 Å². The van der Waals surface area contributed by atoms with Gasteiger partial charge >= 0.3 is 0 Å². The minimum absolute atomic E-state index is 0. The zero-order valence-electron chi connectivity index (χ0n) is 18.0. The third kappa shape index (κ3) is 6.65. The van der Waals surface area contributed by atoms with E-state index in [2.05, 4.69) is 20.1 Å². The number of carbonyl (C=O) groups is 1. The summed E-state index contributed by atoms with van der Waals surface area (Å²) < 4.78 is 12.4. The molecule has 2 heterocycles. The van der Waals surface area contributed by atoms with Crippen molar-refractivity contribution in [1.82, 2.24) is 20.0 Å². The summed E-state index contributed by atoms with van der Waals surface area (Å²) in [4.78, 5) is 24.4. The van der Waals surface area contributed by atoms with Crippen LogP contribution in [0.2, 0.25) is 0 Å². The van der Waals surface area contributed by atoms with Crippen molar-refractivity contribution >= 4 is 46.6 Å². The highest BCUT2D eigenvalue weighted by atomic mass is 127. The maximum Gasteiger partial charge on any atom is 0.239 e. The Morgan fingerprint density at radius 2 is 1.70 bits per heavy atom. The van der Waals surface area contributed by atoms with E-state index in [1.54, 1.807) is 7.05 Å². The summed E-state index contributed by atoms with van der Waals surface area (Å²) in [5, 5.41) is 3.34. The molecule has 0 spiro atoms. The quantitative estimate of drug-likeness (QED) is 0.333. The van der Waals surface area contributed by atoms with Crippen LogP contribution in [0, 0.1) is 0 Å². The lowest BCUT2D eigenvalue weighted by Gasteiger charge is -2.39. The maximum atomic E-state index is 12.6. The minimum atomic E-state index is -1.01. The van der Waals surface area contributed by atoms with Gasteiger partial charge in [-0.15, -0.1) is 24.0 Å². The number of nitrogens with one attached hydrogen (secondary N) is 1. The second-order valence-electron chi connectivity index (χ2n) is 7.57. The van der Waals surface area contributed by atoms with E-state index in [0.29, 0.717) is 12.3 Å². The molecular formula is C21H34IN5O2S. The molecule has 2 atom stereocenters. The molecule has 1 amide bonds. The van der Waals surface area contributed by atoms with Gasteiger partial charge in [-0.3, -0.25) is 18.9 Å². The van der Waals surface area contributed by atoms with E-state index in [-0.39, 0.29) is 35.9 Å². The lowest BCUT2D eigenvalue weighted by atomic mass is 10.2. The fraction of sp³-hybridized carbons (Fsp3) is 0.619. The number of piperazine rings is 1. The number of benzene rings is 1. The first kappa shape index (κ1) is 25.1. The number of aliphatic imine (C=N–C) groups is 1. The molecule has 0 saturated carbocycles. The highest BCUT2D eigenvalue weighted by Gasteiger charge is 2.30. The number of likely N-dealkylation sites (tertiary alicyclic amines) is 1. The van der Waals surface area contributed by atoms with Crippen LogP contribution in [0.1, 0.15) is 19.8 Å². The van der Waals surface area contributed by atoms with Crippen LogP contribution in [0.15, 0.2) is 40.2 Å². The second kappa shape index (κ2) is 12.6. The van der Waals surface area contributed by atoms with Crippen molar-refractivity contribution in [3.63, 3.8) is 0 Å². The molecule has 9 heteroatoms. The van der Waals surface area contributed by atoms with E-state index in [1.807, 2.05) is 42.2 Å². The molecule has 3 rings (SSSR count). The number of rotatable bonds is 6. The molecule has 0 aliphatic carbocycles. The Kier molecular flexibility index (Phi) is 10.5. The largest absolute Gasteiger partial charge is 0.355 e. The molecule has 2 aliphatic heterocycles. The molecule has 7 nitrogen and oxygen atoms in total. The molecule has 168 valence electrons. The van der Waals surface area contributed by atoms with E-state index < -0.39 is 10.8 Å². The first-order valence-corrected chi connectivity index (χ1v) is 11.8. The molecule has 1 aromatic rings. The van der Waals surface area contributed by atoms with Gasteiger partial charge in [0.1, 0.15) is 0 Å². The van der Waals surface area contributed by atoms with Crippen LogP contribution in [-0.2, 0) is 15.6 Å². The van der Waals surface area contributed by atoms with Crippen LogP contribution in [0.4, 0.5) is 0 Å². The zero-order chi connectivity index (χ0) is 20.6. The lowest BCUT2D eigenvalue weighted by molar-refractivity contribution is -0.135. The maximum absolute atomic E-state index is 12.6. The molecule has 2 saturated heterocycles. The van der Waals surface area contributed by atoms with Gasteiger partial charge in [0, 0.05) is 63.5 Å². The number of carbonyl (C=O) groups excluding carboxylic acids is 1. The highest BCUT2D eigenvalue weighted by Crippen LogP contribution is 2.14. The van der Waals surface area contributed by atoms with Gasteiger partial charge in [-0.2, -0.15) is 0 Å². The van der Waals surface area contributed by atoms with E-state index >= 15 is 0 Å². The van der Waals surface area contributed by atoms with Crippen molar-refractivity contribution in [1.29, 1.82) is 0 Å². The van der Waals surface area contributed by atoms with Crippen molar-refractivity contribution in [3.8, 4) is 0 Å². The topological polar surface area (TPSA) is 68.2 Å². The van der Waals surface area contributed by atoms with Crippen molar-refractivity contribution in [3.05, 3.63) is 30.3 Å². The lowest BCUT2D eigenvalue weighted by Crippen LogP contribution is -2.57. The SMILES string of the molecule is CN=C(NCCS(=O)c1ccccc1)N1CCN(C(C)C(=O)N2CCCC2)CC1.I. The summed E-state index contributed by atoms with van der Waals surface area (Å²) in [6.07, 6.45) is 2.26. The predicted molar refractivity (Wildman–Crippen MR) is 133 cm³/mol. The van der Waals surface area contributed by atoms with Gasteiger partial charge in [-0.25, -0.2) is 0 Å². The van der Waals surface area contributed by atoms with Crippen LogP contribution in [0.5, 0.6) is 0 Å². The van der Waals surface area contributed by atoms with E-state index in [4.69, 9.17) is 0 Å². The summed E-state index contributed by atoms with van der Waals surface area (Å²) in [7, 11) is 0.768. The molecule has 30 heavy (non-hydrogen) atoms. The fourth-order valence-corrected chi connectivity index (χ4v) is 4.94. The van der Waals surface area contributed by atoms with Crippen LogP contribution >= 0.6 is 24.0 Å². The number of hydrogen-bond donors (Lipinski definition) is 1. The van der Waals surface area contributed by atoms with Gasteiger partial charge in [0.2, 0.25) is 5.91 Å². The van der Waals surface area contributed by atoms with Crippen molar-refractivity contribution in [2.45, 2.75) is 30.7 Å². The zero-order valence-corrected chi connectivity index (χ0v) is 21.1. The van der Waals surface area contributed by atoms with Gasteiger partial charge in [0.05, 0.1) is 16.8 Å². The Bertz CT molecular complexity index is 719. The van der Waals surface area contributed by atoms with Crippen molar-refractivity contribution < 1.29 is 9.00 Å². The van der Waals surface area contributed by atoms with E-state index in [9.17, 15) is 9.00 Å². The number of halogens is 1. The molecule has 2 aliphatic rings. The molecule has 1 aromatic carbocycles. The van der Waals surface area contributed by atoms with Crippen LogP contribution in [0.3, 0.4) is 0 Å². The third-order valence-corrected chi connectivity index (χ3v) is 7.10. The van der Waals surface area contributed by atoms with Crippen molar-refractivity contribution in [2.75, 3.05) is 58.6 Å². The van der Waals surface area contributed by atoms with E-state index in [1.165, 1.54) is 0 Å². The van der Waals surface area contributed by atoms with Gasteiger partial charge < -0.3 is 15.1 Å². The molecule has 0 radical (unpaired) electrons. The summed E-state index contributed by atoms with van der Waals surface area (Å²) in [5.41, 5.74) is 0. The fourth-order valence-electron chi connectivity index (χ4n) is 3.96. The van der Waals surface area contributed by atoms with Crippen LogP contribution < -0.4 is 5.32 Å². The summed E-state index contributed by atoms with van der Waals surface area (Å²) in [6.45, 7) is 7.81. The van der Waals surface area contributed by atoms with Crippen LogP contribution in [0.25, 0.3) is 0 Å². The average molecular weight is 548 g/mol. The van der Waals surface area contributed by atoms with Gasteiger partial charge in [-0.05, 0) is 31.9 Å².